The predicted molar refractivity (Wildman–Crippen MR) is 182 cm³/mol. The quantitative estimate of drug-likeness (QED) is 0.0629. The number of halogens is 17. The number of carbonyl (C=O) groups excluding carboxylic acids is 1. The number of fused-ring (bicyclic) bond motifs is 5. The van der Waals surface area contributed by atoms with E-state index >= 15 is 0 Å². The summed E-state index contributed by atoms with van der Waals surface area (Å²) in [6, 6.07) is 0. The summed E-state index contributed by atoms with van der Waals surface area (Å²) in [7, 11) is 0. The van der Waals surface area contributed by atoms with E-state index in [1.807, 2.05) is 0 Å². The third-order valence-corrected chi connectivity index (χ3v) is 14.5. The predicted octanol–water partition coefficient (Wildman–Crippen LogP) is 14.5. The zero-order valence-corrected chi connectivity index (χ0v) is 33.5. The van der Waals surface area contributed by atoms with Gasteiger partial charge in [0.1, 0.15) is 6.10 Å². The summed E-state index contributed by atoms with van der Waals surface area (Å²) in [5.74, 6) is -54.0. The lowest BCUT2D eigenvalue weighted by molar-refractivity contribution is -0.461. The number of hydrogen-bond acceptors (Lipinski definition) is 2. The van der Waals surface area contributed by atoms with Crippen LogP contribution in [0, 0.1) is 46.3 Å². The van der Waals surface area contributed by atoms with E-state index in [1.165, 1.54) is 32.1 Å². The van der Waals surface area contributed by atoms with Crippen molar-refractivity contribution in [3.05, 3.63) is 11.6 Å². The highest BCUT2D eigenvalue weighted by Crippen LogP contribution is 2.68. The molecule has 0 N–H and O–H groups in total. The molecule has 19 heteroatoms. The van der Waals surface area contributed by atoms with Gasteiger partial charge in [0.25, 0.3) is 0 Å². The minimum absolute atomic E-state index is 0.150. The van der Waals surface area contributed by atoms with Crippen LogP contribution in [0.2, 0.25) is 0 Å². The van der Waals surface area contributed by atoms with Gasteiger partial charge in [0.15, 0.2) is 0 Å². The Kier molecular flexibility index (Phi) is 13.7. The molecule has 3 fully saturated rings. The molecular formula is C40H53F17O2. The van der Waals surface area contributed by atoms with Crippen LogP contribution in [0.25, 0.3) is 0 Å². The van der Waals surface area contributed by atoms with Gasteiger partial charge >= 0.3 is 53.6 Å². The van der Waals surface area contributed by atoms with Crippen molar-refractivity contribution in [2.75, 3.05) is 0 Å². The molecule has 59 heavy (non-hydrogen) atoms. The van der Waals surface area contributed by atoms with E-state index in [4.69, 9.17) is 4.74 Å². The molecule has 0 amide bonds. The molecule has 0 radical (unpaired) electrons. The summed E-state index contributed by atoms with van der Waals surface area (Å²) in [4.78, 5) is 12.6. The highest BCUT2D eigenvalue weighted by atomic mass is 19.4. The second-order valence-corrected chi connectivity index (χ2v) is 18.5. The van der Waals surface area contributed by atoms with Crippen LogP contribution < -0.4 is 0 Å². The standard InChI is InChI=1S/C40H53F17O2/c1-22(2)9-8-10-23(3)27-14-15-28-26-13-12-24-21-25(16-19-31(24,4)29(26)17-20-32(27,28)5)59-30(58)11-6-7-18-33(41,42)34(43,44)35(45,46)36(47,48)37(49,50)38(51,52)39(53,54)40(55,56)57/h12,22-23,25-29H,6-11,13-21H2,1-5H3. The molecule has 0 heterocycles. The fraction of sp³-hybridized carbons (Fsp3) is 0.925. The minimum atomic E-state index is -8.65. The monoisotopic (exact) mass is 888 g/mol. The van der Waals surface area contributed by atoms with Crippen molar-refractivity contribution in [2.24, 2.45) is 46.3 Å². The van der Waals surface area contributed by atoms with Gasteiger partial charge in [-0.15, -0.1) is 0 Å². The SMILES string of the molecule is CC(C)CCCC(C)C1CCC2C3CC=C4CC(OC(=O)CCCCC(F)(F)C(F)(F)C(F)(F)C(F)(F)C(F)(F)C(F)(F)C(F)(F)C(F)(F)F)CCC4(C)C3CCC12C. The van der Waals surface area contributed by atoms with Gasteiger partial charge in [-0.1, -0.05) is 65.5 Å². The molecule has 4 rings (SSSR count). The van der Waals surface area contributed by atoms with Crippen LogP contribution in [0.15, 0.2) is 11.6 Å². The molecule has 0 spiro atoms. The molecule has 4 aliphatic rings. The Morgan fingerprint density at radius 3 is 1.80 bits per heavy atom. The highest BCUT2D eigenvalue weighted by Gasteiger charge is 2.95. The molecule has 344 valence electrons. The maximum Gasteiger partial charge on any atom is 0.460 e. The first-order chi connectivity index (χ1) is 26.6. The van der Waals surface area contributed by atoms with Crippen molar-refractivity contribution < 1.29 is 84.2 Å². The van der Waals surface area contributed by atoms with Crippen molar-refractivity contribution in [2.45, 2.75) is 185 Å². The molecule has 8 unspecified atom stereocenters. The second-order valence-electron chi connectivity index (χ2n) is 18.5. The third kappa shape index (κ3) is 8.22. The van der Waals surface area contributed by atoms with Gasteiger partial charge in [-0.25, -0.2) is 0 Å². The second kappa shape index (κ2) is 16.3. The third-order valence-electron chi connectivity index (χ3n) is 14.5. The molecule has 0 aliphatic heterocycles. The van der Waals surface area contributed by atoms with Crippen molar-refractivity contribution >= 4 is 5.97 Å². The zero-order chi connectivity index (χ0) is 45.2. The number of unbranched alkanes of at least 4 members (excludes halogenated alkanes) is 1. The lowest BCUT2D eigenvalue weighted by atomic mass is 9.47. The Balaban J connectivity index is 1.32. The molecule has 0 aromatic heterocycles. The van der Waals surface area contributed by atoms with Crippen LogP contribution in [0.3, 0.4) is 0 Å². The molecular weight excluding hydrogens is 835 g/mol. The topological polar surface area (TPSA) is 26.3 Å². The molecule has 0 aromatic rings. The van der Waals surface area contributed by atoms with Crippen LogP contribution in [-0.4, -0.2) is 59.7 Å². The van der Waals surface area contributed by atoms with Gasteiger partial charge in [-0.3, -0.25) is 4.79 Å². The lowest BCUT2D eigenvalue weighted by Crippen LogP contribution is -2.74. The first-order valence-corrected chi connectivity index (χ1v) is 20.2. The summed E-state index contributed by atoms with van der Waals surface area (Å²) in [5, 5.41) is 0. The number of rotatable bonds is 17. The molecule has 4 aliphatic carbocycles. The van der Waals surface area contributed by atoms with Crippen LogP contribution in [0.5, 0.6) is 0 Å². The highest BCUT2D eigenvalue weighted by molar-refractivity contribution is 5.69. The zero-order valence-electron chi connectivity index (χ0n) is 33.5. The Bertz CT molecular complexity index is 1520. The van der Waals surface area contributed by atoms with E-state index < -0.39 is 85.4 Å². The fourth-order valence-electron chi connectivity index (χ4n) is 11.0. The van der Waals surface area contributed by atoms with Crippen LogP contribution >= 0.6 is 0 Å². The first kappa shape index (κ1) is 49.7. The summed E-state index contributed by atoms with van der Waals surface area (Å²) in [6.45, 7) is 11.5. The van der Waals surface area contributed by atoms with Crippen LogP contribution in [-0.2, 0) is 9.53 Å². The molecule has 0 bridgehead atoms. The Morgan fingerprint density at radius 1 is 0.678 bits per heavy atom. The smallest absolute Gasteiger partial charge is 0.460 e. The lowest BCUT2D eigenvalue weighted by Gasteiger charge is -2.58. The van der Waals surface area contributed by atoms with E-state index in [2.05, 4.69) is 40.7 Å². The minimum Gasteiger partial charge on any atom is -0.462 e. The van der Waals surface area contributed by atoms with E-state index in [9.17, 15) is 79.4 Å². The molecule has 0 aromatic carbocycles. The van der Waals surface area contributed by atoms with Gasteiger partial charge in [-0.2, -0.15) is 74.6 Å². The number of ether oxygens (including phenoxy) is 1. The van der Waals surface area contributed by atoms with Gasteiger partial charge in [0, 0.05) is 19.3 Å². The number of allylic oxidation sites excluding steroid dienone is 1. The van der Waals surface area contributed by atoms with E-state index in [0.717, 1.165) is 24.8 Å². The van der Waals surface area contributed by atoms with Gasteiger partial charge in [-0.05, 0) is 104 Å². The average Bonchev–Trinajstić information content (AvgIpc) is 3.46. The summed E-state index contributed by atoms with van der Waals surface area (Å²) < 4.78 is 236. The van der Waals surface area contributed by atoms with Crippen molar-refractivity contribution in [3.63, 3.8) is 0 Å². The number of alkyl halides is 17. The van der Waals surface area contributed by atoms with Crippen LogP contribution in [0.1, 0.15) is 131 Å². The fourth-order valence-corrected chi connectivity index (χ4v) is 11.0. The van der Waals surface area contributed by atoms with E-state index in [-0.39, 0.29) is 10.8 Å². The Labute approximate surface area is 332 Å². The number of hydrogen-bond donors (Lipinski definition) is 0. The normalized spacial score (nSPS) is 30.7. The molecule has 2 nitrogen and oxygen atoms in total. The average molecular weight is 889 g/mol. The summed E-state index contributed by atoms with van der Waals surface area (Å²) in [5.41, 5.74) is 1.22. The Morgan fingerprint density at radius 2 is 1.24 bits per heavy atom. The van der Waals surface area contributed by atoms with Crippen LogP contribution in [0.4, 0.5) is 74.6 Å². The van der Waals surface area contributed by atoms with Gasteiger partial charge in [0.2, 0.25) is 0 Å². The molecule has 3 saturated carbocycles. The Hall–Kier alpha value is -1.98. The maximum atomic E-state index is 14.3. The van der Waals surface area contributed by atoms with Crippen molar-refractivity contribution in [1.82, 2.24) is 0 Å². The van der Waals surface area contributed by atoms with Crippen molar-refractivity contribution in [1.29, 1.82) is 0 Å². The molecule has 0 saturated heterocycles. The molecule has 8 atom stereocenters. The maximum absolute atomic E-state index is 14.3. The summed E-state index contributed by atoms with van der Waals surface area (Å²) in [6.07, 6.45) is -1.18. The van der Waals surface area contributed by atoms with E-state index in [0.29, 0.717) is 54.8 Å². The largest absolute Gasteiger partial charge is 0.462 e. The number of esters is 1. The first-order valence-electron chi connectivity index (χ1n) is 20.2. The van der Waals surface area contributed by atoms with Gasteiger partial charge in [0.05, 0.1) is 0 Å². The van der Waals surface area contributed by atoms with Crippen molar-refractivity contribution in [3.8, 4) is 0 Å². The number of carbonyl (C=O) groups is 1. The van der Waals surface area contributed by atoms with Gasteiger partial charge < -0.3 is 4.74 Å². The van der Waals surface area contributed by atoms with E-state index in [1.54, 1.807) is 0 Å². The summed E-state index contributed by atoms with van der Waals surface area (Å²) >= 11 is 0.